The number of ether oxygens (including phenoxy) is 1. The number of nitrogen functional groups attached to an aromatic ring is 1. The van der Waals surface area contributed by atoms with Crippen LogP contribution in [-0.4, -0.2) is 29.6 Å². The highest BCUT2D eigenvalue weighted by Crippen LogP contribution is 2.30. The highest BCUT2D eigenvalue weighted by molar-refractivity contribution is 5.85. The van der Waals surface area contributed by atoms with E-state index in [-0.39, 0.29) is 5.91 Å². The van der Waals surface area contributed by atoms with Crippen molar-refractivity contribution < 1.29 is 9.53 Å². The molecule has 2 N–H and O–H groups in total. The highest BCUT2D eigenvalue weighted by atomic mass is 16.5. The number of anilines is 1. The van der Waals surface area contributed by atoms with Crippen molar-refractivity contribution in [2.24, 2.45) is 0 Å². The van der Waals surface area contributed by atoms with E-state index < -0.39 is 5.60 Å². The van der Waals surface area contributed by atoms with E-state index in [9.17, 15) is 4.79 Å². The summed E-state index contributed by atoms with van der Waals surface area (Å²) in [6.45, 7) is 4.03. The van der Waals surface area contributed by atoms with Gasteiger partial charge in [0.05, 0.1) is 0 Å². The third-order valence-electron chi connectivity index (χ3n) is 4.20. The van der Waals surface area contributed by atoms with Gasteiger partial charge in [-0.1, -0.05) is 6.07 Å². The fraction of sp³-hybridized carbons (Fsp3) is 0.533. The summed E-state index contributed by atoms with van der Waals surface area (Å²) in [6.07, 6.45) is 2.70. The van der Waals surface area contributed by atoms with Crippen LogP contribution in [0.4, 0.5) is 5.69 Å². The fourth-order valence-corrected chi connectivity index (χ4v) is 3.03. The van der Waals surface area contributed by atoms with Crippen molar-refractivity contribution >= 4 is 11.6 Å². The van der Waals surface area contributed by atoms with Gasteiger partial charge in [0.1, 0.15) is 5.60 Å². The van der Waals surface area contributed by atoms with Crippen LogP contribution in [0.25, 0.3) is 0 Å². The largest absolute Gasteiger partial charge is 0.399 e. The second kappa shape index (κ2) is 4.53. The summed E-state index contributed by atoms with van der Waals surface area (Å²) in [7, 11) is 0. The molecule has 2 aliphatic rings. The number of hydrogen-bond acceptors (Lipinski definition) is 3. The molecule has 0 bridgehead atoms. The summed E-state index contributed by atoms with van der Waals surface area (Å²) in [5.74, 6) is 0.123. The maximum absolute atomic E-state index is 12.6. The lowest BCUT2D eigenvalue weighted by Crippen LogP contribution is -2.48. The van der Waals surface area contributed by atoms with Crippen molar-refractivity contribution in [1.29, 1.82) is 0 Å². The summed E-state index contributed by atoms with van der Waals surface area (Å²) >= 11 is 0. The normalized spacial score (nSPS) is 26.3. The van der Waals surface area contributed by atoms with E-state index in [1.54, 1.807) is 0 Å². The van der Waals surface area contributed by atoms with Gasteiger partial charge in [-0.05, 0) is 49.4 Å². The summed E-state index contributed by atoms with van der Waals surface area (Å²) in [6, 6.07) is 5.98. The van der Waals surface area contributed by atoms with Gasteiger partial charge >= 0.3 is 0 Å². The Labute approximate surface area is 113 Å². The molecular weight excluding hydrogens is 240 g/mol. The zero-order valence-corrected chi connectivity index (χ0v) is 11.3. The average molecular weight is 260 g/mol. The Hall–Kier alpha value is -1.55. The standard InChI is InChI=1S/C15H20N2O2/c1-15(6-2-8-19-15)14(18)17-7-5-11-3-4-13(16)9-12(11)10-17/h3-4,9H,2,5-8,10,16H2,1H3. The zero-order valence-electron chi connectivity index (χ0n) is 11.3. The first kappa shape index (κ1) is 12.5. The SMILES string of the molecule is CC1(C(=O)N2CCc3ccc(N)cc3C2)CCCO1. The Morgan fingerprint density at radius 1 is 1.42 bits per heavy atom. The lowest BCUT2D eigenvalue weighted by molar-refractivity contribution is -0.152. The molecule has 1 saturated heterocycles. The predicted molar refractivity (Wildman–Crippen MR) is 73.6 cm³/mol. The first-order chi connectivity index (χ1) is 9.08. The molecule has 0 aliphatic carbocycles. The first-order valence-corrected chi connectivity index (χ1v) is 6.89. The van der Waals surface area contributed by atoms with E-state index in [0.717, 1.165) is 31.5 Å². The van der Waals surface area contributed by atoms with Crippen LogP contribution in [0.15, 0.2) is 18.2 Å². The van der Waals surface area contributed by atoms with E-state index >= 15 is 0 Å². The van der Waals surface area contributed by atoms with Crippen molar-refractivity contribution in [3.8, 4) is 0 Å². The molecule has 0 radical (unpaired) electrons. The number of carbonyl (C=O) groups excluding carboxylic acids is 1. The number of fused-ring (bicyclic) bond motifs is 1. The minimum absolute atomic E-state index is 0.123. The number of rotatable bonds is 1. The van der Waals surface area contributed by atoms with E-state index in [2.05, 4.69) is 6.07 Å². The summed E-state index contributed by atoms with van der Waals surface area (Å²) in [5, 5.41) is 0. The van der Waals surface area contributed by atoms with Gasteiger partial charge in [0.2, 0.25) is 0 Å². The second-order valence-electron chi connectivity index (χ2n) is 5.69. The number of nitrogens with zero attached hydrogens (tertiary/aromatic N) is 1. The fourth-order valence-electron chi connectivity index (χ4n) is 3.03. The van der Waals surface area contributed by atoms with Crippen LogP contribution in [-0.2, 0) is 22.5 Å². The topological polar surface area (TPSA) is 55.6 Å². The molecule has 1 atom stereocenters. The van der Waals surface area contributed by atoms with Crippen molar-refractivity contribution in [2.45, 2.75) is 38.3 Å². The average Bonchev–Trinajstić information content (AvgIpc) is 2.85. The van der Waals surface area contributed by atoms with Crippen LogP contribution in [0, 0.1) is 0 Å². The molecule has 4 heteroatoms. The Morgan fingerprint density at radius 2 is 2.26 bits per heavy atom. The number of hydrogen-bond donors (Lipinski definition) is 1. The van der Waals surface area contributed by atoms with Gasteiger partial charge < -0.3 is 15.4 Å². The van der Waals surface area contributed by atoms with Gasteiger partial charge in [0.15, 0.2) is 0 Å². The zero-order chi connectivity index (χ0) is 13.5. The molecule has 2 aliphatic heterocycles. The van der Waals surface area contributed by atoms with Gasteiger partial charge in [-0.3, -0.25) is 4.79 Å². The molecule has 3 rings (SSSR count). The summed E-state index contributed by atoms with van der Waals surface area (Å²) in [4.78, 5) is 14.5. The molecule has 2 heterocycles. The highest BCUT2D eigenvalue weighted by Gasteiger charge is 2.41. The van der Waals surface area contributed by atoms with Crippen LogP contribution in [0.5, 0.6) is 0 Å². The van der Waals surface area contributed by atoms with Crippen LogP contribution < -0.4 is 5.73 Å². The number of benzene rings is 1. The molecule has 102 valence electrons. The molecule has 1 unspecified atom stereocenters. The third-order valence-corrected chi connectivity index (χ3v) is 4.20. The van der Waals surface area contributed by atoms with Gasteiger partial charge in [-0.25, -0.2) is 0 Å². The van der Waals surface area contributed by atoms with Gasteiger partial charge in [0.25, 0.3) is 5.91 Å². The third kappa shape index (κ3) is 2.21. The molecule has 0 spiro atoms. The molecule has 1 fully saturated rings. The van der Waals surface area contributed by atoms with E-state index in [1.165, 1.54) is 11.1 Å². The molecule has 1 aromatic rings. The number of carbonyl (C=O) groups is 1. The Balaban J connectivity index is 1.80. The maximum atomic E-state index is 12.6. The first-order valence-electron chi connectivity index (χ1n) is 6.89. The molecular formula is C15H20N2O2. The van der Waals surface area contributed by atoms with E-state index in [0.29, 0.717) is 13.2 Å². The van der Waals surface area contributed by atoms with Crippen LogP contribution in [0.3, 0.4) is 0 Å². The predicted octanol–water partition coefficient (Wildman–Crippen LogP) is 1.72. The van der Waals surface area contributed by atoms with Gasteiger partial charge in [-0.2, -0.15) is 0 Å². The van der Waals surface area contributed by atoms with Crippen molar-refractivity contribution in [2.75, 3.05) is 18.9 Å². The lowest BCUT2D eigenvalue weighted by Gasteiger charge is -2.34. The Kier molecular flexibility index (Phi) is 2.97. The monoisotopic (exact) mass is 260 g/mol. The Bertz CT molecular complexity index is 507. The second-order valence-corrected chi connectivity index (χ2v) is 5.69. The molecule has 1 amide bonds. The van der Waals surface area contributed by atoms with Crippen LogP contribution in [0.1, 0.15) is 30.9 Å². The maximum Gasteiger partial charge on any atom is 0.254 e. The van der Waals surface area contributed by atoms with Crippen molar-refractivity contribution in [3.63, 3.8) is 0 Å². The van der Waals surface area contributed by atoms with Gasteiger partial charge in [0, 0.05) is 25.4 Å². The number of nitrogens with two attached hydrogens (primary N) is 1. The number of amides is 1. The molecule has 0 aromatic heterocycles. The minimum atomic E-state index is -0.613. The molecule has 19 heavy (non-hydrogen) atoms. The van der Waals surface area contributed by atoms with E-state index in [4.69, 9.17) is 10.5 Å². The molecule has 1 aromatic carbocycles. The Morgan fingerprint density at radius 3 is 3.00 bits per heavy atom. The van der Waals surface area contributed by atoms with Crippen molar-refractivity contribution in [1.82, 2.24) is 4.90 Å². The summed E-state index contributed by atoms with van der Waals surface area (Å²) < 4.78 is 5.65. The van der Waals surface area contributed by atoms with E-state index in [1.807, 2.05) is 24.0 Å². The van der Waals surface area contributed by atoms with Gasteiger partial charge in [-0.15, -0.1) is 0 Å². The van der Waals surface area contributed by atoms with Crippen LogP contribution in [0.2, 0.25) is 0 Å². The smallest absolute Gasteiger partial charge is 0.254 e. The molecule has 4 nitrogen and oxygen atoms in total. The minimum Gasteiger partial charge on any atom is -0.399 e. The van der Waals surface area contributed by atoms with Crippen molar-refractivity contribution in [3.05, 3.63) is 29.3 Å². The van der Waals surface area contributed by atoms with Crippen LogP contribution >= 0.6 is 0 Å². The lowest BCUT2D eigenvalue weighted by atomic mass is 9.95. The summed E-state index contributed by atoms with van der Waals surface area (Å²) in [5.41, 5.74) is 8.44. The quantitative estimate of drug-likeness (QED) is 0.782. The molecule has 0 saturated carbocycles.